The van der Waals surface area contributed by atoms with Gasteiger partial charge >= 0.3 is 12.2 Å². The minimum Gasteiger partial charge on any atom is -0.444 e. The number of H-pyrrole nitrogens is 1. The molecule has 0 radical (unpaired) electrons. The van der Waals surface area contributed by atoms with Crippen LogP contribution in [0.25, 0.3) is 38.7 Å². The molecule has 3 aromatic carbocycles. The van der Waals surface area contributed by atoms with Crippen molar-refractivity contribution in [2.45, 2.75) is 71.2 Å². The number of carbonyl (C=O) groups is 2. The van der Waals surface area contributed by atoms with Crippen LogP contribution in [0.3, 0.4) is 0 Å². The zero-order valence-corrected chi connectivity index (χ0v) is 30.8. The van der Waals surface area contributed by atoms with E-state index in [9.17, 15) is 9.59 Å². The summed E-state index contributed by atoms with van der Waals surface area (Å²) in [4.78, 5) is 42.1. The van der Waals surface area contributed by atoms with Crippen molar-refractivity contribution in [1.29, 1.82) is 0 Å². The zero-order chi connectivity index (χ0) is 36.6. The lowest BCUT2D eigenvalue weighted by Crippen LogP contribution is -2.53. The quantitative estimate of drug-likeness (QED) is 0.223. The van der Waals surface area contributed by atoms with Gasteiger partial charge in [0.15, 0.2) is 0 Å². The van der Waals surface area contributed by atoms with Crippen LogP contribution in [0.4, 0.5) is 9.59 Å². The number of nitrogens with zero attached hydrogens (tertiary/aromatic N) is 4. The van der Waals surface area contributed by atoms with Gasteiger partial charge in [0.05, 0.1) is 44.4 Å². The van der Waals surface area contributed by atoms with E-state index in [1.54, 1.807) is 9.80 Å². The maximum Gasteiger partial charge on any atom is 0.411 e. The van der Waals surface area contributed by atoms with Crippen LogP contribution < -0.4 is 0 Å². The van der Waals surface area contributed by atoms with E-state index in [0.717, 1.165) is 50.0 Å². The fraction of sp³-hybridized carbons (Fsp3) is 0.415. The molecule has 3 aliphatic rings. The van der Waals surface area contributed by atoms with E-state index in [1.165, 1.54) is 0 Å². The molecule has 3 aliphatic heterocycles. The average molecular weight is 706 g/mol. The molecule has 11 heteroatoms. The molecule has 7 rings (SSSR count). The number of aromatic amines is 1. The number of aliphatic imine (C=N–C) groups is 1. The van der Waals surface area contributed by atoms with Gasteiger partial charge in [0, 0.05) is 37.0 Å². The van der Waals surface area contributed by atoms with Crippen LogP contribution in [0.1, 0.15) is 65.4 Å². The number of fused-ring (bicyclic) bond motifs is 1. The fourth-order valence-corrected chi connectivity index (χ4v) is 6.74. The molecule has 0 unspecified atom stereocenters. The largest absolute Gasteiger partial charge is 0.444 e. The summed E-state index contributed by atoms with van der Waals surface area (Å²) < 4.78 is 22.8. The van der Waals surface area contributed by atoms with Crippen molar-refractivity contribution in [2.24, 2.45) is 4.99 Å². The molecule has 0 saturated carbocycles. The Balaban J connectivity index is 1.01. The minimum absolute atomic E-state index is 0.244. The van der Waals surface area contributed by atoms with Crippen molar-refractivity contribution >= 4 is 34.2 Å². The topological polar surface area (TPSA) is 119 Å². The lowest BCUT2D eigenvalue weighted by atomic mass is 9.95. The van der Waals surface area contributed by atoms with Gasteiger partial charge in [-0.2, -0.15) is 0 Å². The van der Waals surface area contributed by atoms with Crippen LogP contribution in [-0.4, -0.2) is 94.4 Å². The summed E-state index contributed by atoms with van der Waals surface area (Å²) in [5.41, 5.74) is 6.08. The molecule has 272 valence electrons. The van der Waals surface area contributed by atoms with Gasteiger partial charge in [-0.25, -0.2) is 14.6 Å². The number of hydrogen-bond donors (Lipinski definition) is 1. The Labute approximate surface area is 304 Å². The Morgan fingerprint density at radius 3 is 1.90 bits per heavy atom. The summed E-state index contributed by atoms with van der Waals surface area (Å²) in [5, 5.41) is 2.24. The van der Waals surface area contributed by atoms with E-state index in [2.05, 4.69) is 70.6 Å². The molecule has 0 bridgehead atoms. The number of carbonyl (C=O) groups excluding carboxylic acids is 2. The van der Waals surface area contributed by atoms with E-state index in [4.69, 9.17) is 23.9 Å². The first-order chi connectivity index (χ1) is 24.8. The van der Waals surface area contributed by atoms with E-state index in [0.29, 0.717) is 51.8 Å². The maximum absolute atomic E-state index is 12.9. The van der Waals surface area contributed by atoms with Gasteiger partial charge in [0.2, 0.25) is 0 Å². The van der Waals surface area contributed by atoms with Gasteiger partial charge < -0.3 is 23.9 Å². The number of benzene rings is 3. The van der Waals surface area contributed by atoms with E-state index >= 15 is 0 Å². The number of nitrogens with one attached hydrogen (secondary N) is 1. The third kappa shape index (κ3) is 7.90. The molecule has 2 atom stereocenters. The summed E-state index contributed by atoms with van der Waals surface area (Å²) in [6, 6.07) is 20.8. The molecular weight excluding hydrogens is 658 g/mol. The summed E-state index contributed by atoms with van der Waals surface area (Å²) in [5.74, 6) is 0.668. The van der Waals surface area contributed by atoms with Gasteiger partial charge in [0.25, 0.3) is 0 Å². The summed E-state index contributed by atoms with van der Waals surface area (Å²) in [7, 11) is 0. The number of hydrogen-bond acceptors (Lipinski definition) is 8. The lowest BCUT2D eigenvalue weighted by Gasteiger charge is -2.36. The first kappa shape index (κ1) is 35.4. The van der Waals surface area contributed by atoms with Crippen molar-refractivity contribution in [3.8, 4) is 22.4 Å². The SMILES string of the molecule is CC(C)(C)OC(=O)N1CCOC[C@H]1C1=NC=C(c2ccc(-c3ccc4cc(-c5cnc([C@@H]6COCCN6C(=O)OC(C)(C)C)[nH]5)ccc4c3)cc2)C1. The Hall–Kier alpha value is -5.00. The van der Waals surface area contributed by atoms with E-state index < -0.39 is 11.2 Å². The lowest BCUT2D eigenvalue weighted by molar-refractivity contribution is -0.0349. The van der Waals surface area contributed by atoms with Crippen LogP contribution in [0.15, 0.2) is 78.1 Å². The molecule has 1 N–H and O–H groups in total. The second-order valence-electron chi connectivity index (χ2n) is 15.5. The highest BCUT2D eigenvalue weighted by atomic mass is 16.6. The third-order valence-corrected chi connectivity index (χ3v) is 9.31. The Morgan fingerprint density at radius 1 is 0.731 bits per heavy atom. The smallest absolute Gasteiger partial charge is 0.411 e. The van der Waals surface area contributed by atoms with E-state index in [-0.39, 0.29) is 24.3 Å². The third-order valence-electron chi connectivity index (χ3n) is 9.31. The van der Waals surface area contributed by atoms with Crippen LogP contribution in [-0.2, 0) is 18.9 Å². The molecule has 11 nitrogen and oxygen atoms in total. The van der Waals surface area contributed by atoms with Crippen LogP contribution >= 0.6 is 0 Å². The maximum atomic E-state index is 12.9. The predicted molar refractivity (Wildman–Crippen MR) is 201 cm³/mol. The Kier molecular flexibility index (Phi) is 9.67. The second kappa shape index (κ2) is 14.2. The highest BCUT2D eigenvalue weighted by Crippen LogP contribution is 2.33. The van der Waals surface area contributed by atoms with Gasteiger partial charge in [0.1, 0.15) is 23.1 Å². The monoisotopic (exact) mass is 705 g/mol. The number of morpholine rings is 2. The standard InChI is InChI=1S/C41H47N5O6/c1-40(2,3)51-38(47)45-15-17-49-24-35(45)33-21-32(22-42-33)27-9-7-26(8-10-27)28-11-12-30-20-31(14-13-29(30)19-28)34-23-43-37(44-34)36-25-50-18-16-46(36)39(48)52-41(4,5)6/h7-14,19-20,22-23,35-36H,15-18,21,24-25H2,1-6H3,(H,43,44)/t35-,36-/m0/s1. The molecule has 2 amide bonds. The van der Waals surface area contributed by atoms with Gasteiger partial charge in [-0.3, -0.25) is 14.8 Å². The second-order valence-corrected chi connectivity index (χ2v) is 15.5. The highest BCUT2D eigenvalue weighted by Gasteiger charge is 2.36. The minimum atomic E-state index is -0.587. The van der Waals surface area contributed by atoms with Gasteiger partial charge in [-0.05, 0) is 86.7 Å². The average Bonchev–Trinajstić information content (AvgIpc) is 3.81. The van der Waals surface area contributed by atoms with Crippen molar-refractivity contribution in [1.82, 2.24) is 19.8 Å². The predicted octanol–water partition coefficient (Wildman–Crippen LogP) is 8.03. The Bertz CT molecular complexity index is 2020. The molecule has 52 heavy (non-hydrogen) atoms. The number of ether oxygens (including phenoxy) is 4. The molecule has 2 fully saturated rings. The molecule has 4 aromatic rings. The summed E-state index contributed by atoms with van der Waals surface area (Å²) in [6.45, 7) is 13.8. The number of aromatic nitrogens is 2. The number of allylic oxidation sites excluding steroid dienone is 1. The number of amides is 2. The van der Waals surface area contributed by atoms with Crippen molar-refractivity contribution < 1.29 is 28.5 Å². The number of rotatable bonds is 5. The first-order valence-corrected chi connectivity index (χ1v) is 17.9. The summed E-state index contributed by atoms with van der Waals surface area (Å²) in [6.07, 6.45) is 3.66. The molecule has 2 saturated heterocycles. The van der Waals surface area contributed by atoms with Crippen LogP contribution in [0, 0.1) is 0 Å². The van der Waals surface area contributed by atoms with Crippen molar-refractivity contribution in [3.05, 3.63) is 84.4 Å². The van der Waals surface area contributed by atoms with Crippen LogP contribution in [0.2, 0.25) is 0 Å². The van der Waals surface area contributed by atoms with Crippen molar-refractivity contribution in [3.63, 3.8) is 0 Å². The normalized spacial score (nSPS) is 19.7. The molecule has 0 spiro atoms. The highest BCUT2D eigenvalue weighted by molar-refractivity contribution is 6.03. The number of imidazole rings is 1. The zero-order valence-electron chi connectivity index (χ0n) is 30.8. The van der Waals surface area contributed by atoms with Gasteiger partial charge in [-0.1, -0.05) is 48.5 Å². The summed E-state index contributed by atoms with van der Waals surface area (Å²) >= 11 is 0. The first-order valence-electron chi connectivity index (χ1n) is 17.9. The molecule has 0 aliphatic carbocycles. The van der Waals surface area contributed by atoms with Gasteiger partial charge in [-0.15, -0.1) is 0 Å². The molecule has 1 aromatic heterocycles. The van der Waals surface area contributed by atoms with Crippen LogP contribution in [0.5, 0.6) is 0 Å². The fourth-order valence-electron chi connectivity index (χ4n) is 6.74. The molecular formula is C41H47N5O6. The molecule has 4 heterocycles. The van der Waals surface area contributed by atoms with E-state index in [1.807, 2.05) is 53.9 Å². The van der Waals surface area contributed by atoms with Crippen molar-refractivity contribution in [2.75, 3.05) is 39.5 Å². The Morgan fingerprint density at radius 2 is 1.27 bits per heavy atom.